The summed E-state index contributed by atoms with van der Waals surface area (Å²) in [7, 11) is 0. The van der Waals surface area contributed by atoms with Gasteiger partial charge in [0.2, 0.25) is 0 Å². The number of carbonyl (C=O) groups is 2. The Hall–Kier alpha value is -2.50. The molecule has 6 heteroatoms. The summed E-state index contributed by atoms with van der Waals surface area (Å²) in [4.78, 5) is 27.4. The summed E-state index contributed by atoms with van der Waals surface area (Å²) >= 11 is 0. The van der Waals surface area contributed by atoms with Crippen LogP contribution in [0, 0.1) is 0 Å². The molecule has 3 rings (SSSR count). The standard InChI is InChI=1S/C18H22N2O4/c1-2-23-17(21)19-10-8-15(9-11-19)20-16(13-24-18(20)22)12-14-6-4-3-5-7-14/h2-7,15-16H,1,8-13H2/t16-/m0/s1. The highest BCUT2D eigenvalue weighted by Gasteiger charge is 2.39. The zero-order valence-electron chi connectivity index (χ0n) is 13.6. The van der Waals surface area contributed by atoms with E-state index in [4.69, 9.17) is 9.47 Å². The zero-order chi connectivity index (χ0) is 16.9. The summed E-state index contributed by atoms with van der Waals surface area (Å²) in [5, 5.41) is 0. The van der Waals surface area contributed by atoms with Gasteiger partial charge in [-0.1, -0.05) is 36.9 Å². The van der Waals surface area contributed by atoms with Gasteiger partial charge in [0.25, 0.3) is 0 Å². The van der Waals surface area contributed by atoms with E-state index in [1.54, 1.807) is 4.90 Å². The lowest BCUT2D eigenvalue weighted by molar-refractivity contribution is 0.0933. The van der Waals surface area contributed by atoms with Gasteiger partial charge in [-0.2, -0.15) is 0 Å². The van der Waals surface area contributed by atoms with Gasteiger partial charge >= 0.3 is 12.2 Å². The number of benzene rings is 1. The number of hydrogen-bond donors (Lipinski definition) is 0. The third-order valence-electron chi connectivity index (χ3n) is 4.62. The fourth-order valence-electron chi connectivity index (χ4n) is 3.43. The SMILES string of the molecule is C=COC(=O)N1CCC(N2C(=O)OC[C@@H]2Cc2ccccc2)CC1. The van der Waals surface area contributed by atoms with Crippen LogP contribution in [-0.4, -0.2) is 53.8 Å². The Balaban J connectivity index is 1.61. The van der Waals surface area contributed by atoms with Gasteiger partial charge in [-0.25, -0.2) is 9.59 Å². The minimum absolute atomic E-state index is 0.0524. The van der Waals surface area contributed by atoms with E-state index in [9.17, 15) is 9.59 Å². The van der Waals surface area contributed by atoms with Gasteiger partial charge < -0.3 is 14.4 Å². The number of amides is 2. The fraction of sp³-hybridized carbons (Fsp3) is 0.444. The molecule has 128 valence electrons. The Kier molecular flexibility index (Phi) is 5.03. The van der Waals surface area contributed by atoms with E-state index in [0.29, 0.717) is 19.7 Å². The lowest BCUT2D eigenvalue weighted by Crippen LogP contribution is -2.50. The Bertz CT molecular complexity index is 596. The second-order valence-corrected chi connectivity index (χ2v) is 6.10. The molecule has 24 heavy (non-hydrogen) atoms. The van der Waals surface area contributed by atoms with Gasteiger partial charge in [0, 0.05) is 19.1 Å². The number of likely N-dealkylation sites (tertiary alicyclic amines) is 1. The van der Waals surface area contributed by atoms with Gasteiger partial charge in [-0.3, -0.25) is 4.90 Å². The highest BCUT2D eigenvalue weighted by Crippen LogP contribution is 2.26. The Morgan fingerprint density at radius 2 is 2.00 bits per heavy atom. The Labute approximate surface area is 141 Å². The van der Waals surface area contributed by atoms with E-state index < -0.39 is 0 Å². The maximum absolute atomic E-state index is 12.2. The van der Waals surface area contributed by atoms with Crippen LogP contribution < -0.4 is 0 Å². The predicted octanol–water partition coefficient (Wildman–Crippen LogP) is 2.79. The fourth-order valence-corrected chi connectivity index (χ4v) is 3.43. The van der Waals surface area contributed by atoms with Crippen molar-refractivity contribution in [1.29, 1.82) is 0 Å². The van der Waals surface area contributed by atoms with Crippen molar-refractivity contribution < 1.29 is 19.1 Å². The number of ether oxygens (including phenoxy) is 2. The molecule has 2 saturated heterocycles. The molecule has 0 bridgehead atoms. The monoisotopic (exact) mass is 330 g/mol. The first kappa shape index (κ1) is 16.4. The van der Waals surface area contributed by atoms with E-state index in [0.717, 1.165) is 25.5 Å². The highest BCUT2D eigenvalue weighted by molar-refractivity contribution is 5.71. The van der Waals surface area contributed by atoms with Crippen molar-refractivity contribution in [2.24, 2.45) is 0 Å². The summed E-state index contributed by atoms with van der Waals surface area (Å²) in [5.74, 6) is 0. The molecule has 2 amide bonds. The number of nitrogens with zero attached hydrogens (tertiary/aromatic N) is 2. The molecule has 0 N–H and O–H groups in total. The van der Waals surface area contributed by atoms with Crippen molar-refractivity contribution in [2.75, 3.05) is 19.7 Å². The summed E-state index contributed by atoms with van der Waals surface area (Å²) < 4.78 is 10.1. The smallest absolute Gasteiger partial charge is 0.414 e. The number of piperidine rings is 1. The first-order valence-corrected chi connectivity index (χ1v) is 8.24. The van der Waals surface area contributed by atoms with Crippen LogP contribution in [0.4, 0.5) is 9.59 Å². The van der Waals surface area contributed by atoms with E-state index in [-0.39, 0.29) is 24.3 Å². The van der Waals surface area contributed by atoms with Gasteiger partial charge in [0.1, 0.15) is 6.61 Å². The number of hydrogen-bond acceptors (Lipinski definition) is 4. The van der Waals surface area contributed by atoms with E-state index >= 15 is 0 Å². The van der Waals surface area contributed by atoms with E-state index in [1.807, 2.05) is 23.1 Å². The molecule has 2 heterocycles. The first-order valence-electron chi connectivity index (χ1n) is 8.24. The summed E-state index contributed by atoms with van der Waals surface area (Å²) in [6.45, 7) is 4.95. The maximum atomic E-state index is 12.2. The molecule has 0 aliphatic carbocycles. The average molecular weight is 330 g/mol. The van der Waals surface area contributed by atoms with Crippen molar-refractivity contribution in [3.8, 4) is 0 Å². The van der Waals surface area contributed by atoms with Gasteiger partial charge in [0.05, 0.1) is 12.3 Å². The normalized spacial score (nSPS) is 21.5. The molecule has 0 radical (unpaired) electrons. The second kappa shape index (κ2) is 7.38. The molecule has 0 aromatic heterocycles. The lowest BCUT2D eigenvalue weighted by Gasteiger charge is -2.37. The Morgan fingerprint density at radius 1 is 1.29 bits per heavy atom. The number of rotatable bonds is 4. The molecule has 1 aromatic rings. The van der Waals surface area contributed by atoms with Gasteiger partial charge in [0.15, 0.2) is 0 Å². The molecule has 1 atom stereocenters. The van der Waals surface area contributed by atoms with E-state index in [1.165, 1.54) is 5.56 Å². The molecule has 2 aliphatic rings. The van der Waals surface area contributed by atoms with Crippen LogP contribution >= 0.6 is 0 Å². The molecule has 2 fully saturated rings. The van der Waals surface area contributed by atoms with Crippen molar-refractivity contribution in [3.63, 3.8) is 0 Å². The third kappa shape index (κ3) is 3.53. The first-order chi connectivity index (χ1) is 11.7. The van der Waals surface area contributed by atoms with Crippen LogP contribution in [0.25, 0.3) is 0 Å². The minimum Gasteiger partial charge on any atom is -0.447 e. The largest absolute Gasteiger partial charge is 0.447 e. The average Bonchev–Trinajstić information content (AvgIpc) is 2.96. The van der Waals surface area contributed by atoms with Crippen molar-refractivity contribution in [2.45, 2.75) is 31.3 Å². The topological polar surface area (TPSA) is 59.1 Å². The summed E-state index contributed by atoms with van der Waals surface area (Å²) in [6.07, 6.45) is 2.75. The molecule has 1 aromatic carbocycles. The molecular weight excluding hydrogens is 308 g/mol. The summed E-state index contributed by atoms with van der Waals surface area (Å²) in [6, 6.07) is 10.3. The Morgan fingerprint density at radius 3 is 2.67 bits per heavy atom. The predicted molar refractivity (Wildman–Crippen MR) is 88.4 cm³/mol. The highest BCUT2D eigenvalue weighted by atomic mass is 16.6. The molecule has 0 unspecified atom stereocenters. The van der Waals surface area contributed by atoms with Gasteiger partial charge in [-0.05, 0) is 24.8 Å². The zero-order valence-corrected chi connectivity index (χ0v) is 13.6. The quantitative estimate of drug-likeness (QED) is 0.797. The van der Waals surface area contributed by atoms with Gasteiger partial charge in [-0.15, -0.1) is 0 Å². The molecule has 0 spiro atoms. The molecule has 2 aliphatic heterocycles. The van der Waals surface area contributed by atoms with Crippen molar-refractivity contribution in [1.82, 2.24) is 9.80 Å². The van der Waals surface area contributed by atoms with Crippen molar-refractivity contribution >= 4 is 12.2 Å². The second-order valence-electron chi connectivity index (χ2n) is 6.10. The lowest BCUT2D eigenvalue weighted by atomic mass is 9.99. The summed E-state index contributed by atoms with van der Waals surface area (Å²) in [5.41, 5.74) is 1.19. The van der Waals surface area contributed by atoms with Crippen molar-refractivity contribution in [3.05, 3.63) is 48.7 Å². The van der Waals surface area contributed by atoms with Crippen LogP contribution in [0.3, 0.4) is 0 Å². The minimum atomic E-state index is -0.381. The van der Waals surface area contributed by atoms with Crippen LogP contribution in [-0.2, 0) is 15.9 Å². The molecule has 6 nitrogen and oxygen atoms in total. The number of cyclic esters (lactones) is 1. The van der Waals surface area contributed by atoms with Crippen LogP contribution in [0.2, 0.25) is 0 Å². The molecule has 0 saturated carbocycles. The third-order valence-corrected chi connectivity index (χ3v) is 4.62. The molecular formula is C18H22N2O4. The van der Waals surface area contributed by atoms with E-state index in [2.05, 4.69) is 18.7 Å². The van der Waals surface area contributed by atoms with Crippen LogP contribution in [0.5, 0.6) is 0 Å². The van der Waals surface area contributed by atoms with Crippen LogP contribution in [0.1, 0.15) is 18.4 Å². The maximum Gasteiger partial charge on any atom is 0.414 e. The number of carbonyl (C=O) groups excluding carboxylic acids is 2. The van der Waals surface area contributed by atoms with Crippen LogP contribution in [0.15, 0.2) is 43.2 Å².